The van der Waals surface area contributed by atoms with E-state index in [2.05, 4.69) is 4.98 Å². The highest BCUT2D eigenvalue weighted by molar-refractivity contribution is 6.28. The van der Waals surface area contributed by atoms with Gasteiger partial charge >= 0.3 is 0 Å². The van der Waals surface area contributed by atoms with Crippen LogP contribution in [0.4, 0.5) is 4.39 Å². The standard InChI is InChI=1S/C9H5ClFNO/c10-8-5-12-9(13-8)6-2-1-3-7(11)4-6/h1-5H. The monoisotopic (exact) mass is 197 g/mol. The molecule has 0 saturated heterocycles. The first-order valence-corrected chi connectivity index (χ1v) is 4.01. The molecule has 1 heterocycles. The minimum absolute atomic E-state index is 0.194. The molecule has 1 aromatic carbocycles. The summed E-state index contributed by atoms with van der Waals surface area (Å²) in [5.41, 5.74) is 0.576. The van der Waals surface area contributed by atoms with Gasteiger partial charge in [0.2, 0.25) is 11.1 Å². The summed E-state index contributed by atoms with van der Waals surface area (Å²) in [6.45, 7) is 0. The van der Waals surface area contributed by atoms with Crippen LogP contribution in [0.3, 0.4) is 0 Å². The number of oxazole rings is 1. The molecule has 2 rings (SSSR count). The van der Waals surface area contributed by atoms with E-state index in [-0.39, 0.29) is 11.0 Å². The Morgan fingerprint density at radius 1 is 1.38 bits per heavy atom. The van der Waals surface area contributed by atoms with Crippen molar-refractivity contribution >= 4 is 11.6 Å². The van der Waals surface area contributed by atoms with Gasteiger partial charge < -0.3 is 4.42 Å². The zero-order valence-corrected chi connectivity index (χ0v) is 7.25. The first kappa shape index (κ1) is 8.26. The molecule has 0 aliphatic heterocycles. The molecule has 13 heavy (non-hydrogen) atoms. The van der Waals surface area contributed by atoms with Gasteiger partial charge in [0.15, 0.2) is 0 Å². The van der Waals surface area contributed by atoms with Crippen molar-refractivity contribution in [1.82, 2.24) is 4.98 Å². The lowest BCUT2D eigenvalue weighted by atomic mass is 10.2. The van der Waals surface area contributed by atoms with Crippen LogP contribution in [0, 0.1) is 5.82 Å². The molecule has 2 nitrogen and oxygen atoms in total. The second kappa shape index (κ2) is 3.18. The molecular formula is C9H5ClFNO. The predicted octanol–water partition coefficient (Wildman–Crippen LogP) is 3.13. The average molecular weight is 198 g/mol. The summed E-state index contributed by atoms with van der Waals surface area (Å²) in [5.74, 6) is -0.00341. The van der Waals surface area contributed by atoms with Crippen LogP contribution >= 0.6 is 11.6 Å². The van der Waals surface area contributed by atoms with Crippen molar-refractivity contribution in [2.45, 2.75) is 0 Å². The fraction of sp³-hybridized carbons (Fsp3) is 0. The van der Waals surface area contributed by atoms with Crippen LogP contribution < -0.4 is 0 Å². The van der Waals surface area contributed by atoms with Gasteiger partial charge in [0, 0.05) is 5.56 Å². The minimum Gasteiger partial charge on any atom is -0.425 e. The topological polar surface area (TPSA) is 26.0 Å². The maximum Gasteiger partial charge on any atom is 0.228 e. The zero-order chi connectivity index (χ0) is 9.26. The molecule has 0 N–H and O–H groups in total. The summed E-state index contributed by atoms with van der Waals surface area (Å²) >= 11 is 5.53. The van der Waals surface area contributed by atoms with Gasteiger partial charge in [0.05, 0.1) is 6.20 Å². The van der Waals surface area contributed by atoms with E-state index in [9.17, 15) is 4.39 Å². The molecule has 0 bridgehead atoms. The summed E-state index contributed by atoms with van der Waals surface area (Å²) < 4.78 is 17.8. The highest BCUT2D eigenvalue weighted by Gasteiger charge is 2.05. The molecule has 0 fully saturated rings. The van der Waals surface area contributed by atoms with Crippen LogP contribution in [0.5, 0.6) is 0 Å². The van der Waals surface area contributed by atoms with Crippen LogP contribution in [-0.4, -0.2) is 4.98 Å². The lowest BCUT2D eigenvalue weighted by Crippen LogP contribution is -1.78. The van der Waals surface area contributed by atoms with Gasteiger partial charge in [-0.3, -0.25) is 0 Å². The third-order valence-electron chi connectivity index (χ3n) is 1.55. The zero-order valence-electron chi connectivity index (χ0n) is 6.50. The van der Waals surface area contributed by atoms with Gasteiger partial charge in [-0.1, -0.05) is 6.07 Å². The largest absolute Gasteiger partial charge is 0.425 e. The summed E-state index contributed by atoms with van der Waals surface area (Å²) in [4.78, 5) is 3.86. The van der Waals surface area contributed by atoms with Crippen molar-refractivity contribution in [3.8, 4) is 11.5 Å². The Bertz CT molecular complexity index is 427. The maximum atomic E-state index is 12.8. The number of rotatable bonds is 1. The van der Waals surface area contributed by atoms with Crippen LogP contribution in [-0.2, 0) is 0 Å². The van der Waals surface area contributed by atoms with E-state index in [1.807, 2.05) is 0 Å². The number of hydrogen-bond donors (Lipinski definition) is 0. The van der Waals surface area contributed by atoms with Crippen molar-refractivity contribution in [1.29, 1.82) is 0 Å². The maximum absolute atomic E-state index is 12.8. The predicted molar refractivity (Wildman–Crippen MR) is 46.9 cm³/mol. The lowest BCUT2D eigenvalue weighted by molar-refractivity contribution is 0.574. The number of hydrogen-bond acceptors (Lipinski definition) is 2. The van der Waals surface area contributed by atoms with E-state index in [0.29, 0.717) is 11.5 Å². The number of benzene rings is 1. The fourth-order valence-electron chi connectivity index (χ4n) is 1.01. The van der Waals surface area contributed by atoms with Gasteiger partial charge in [-0.05, 0) is 29.8 Å². The number of aromatic nitrogens is 1. The third-order valence-corrected chi connectivity index (χ3v) is 1.72. The molecule has 0 aliphatic rings. The lowest BCUT2D eigenvalue weighted by Gasteiger charge is -1.93. The molecule has 0 aliphatic carbocycles. The SMILES string of the molecule is Fc1cccc(-c2ncc(Cl)o2)c1. The van der Waals surface area contributed by atoms with E-state index in [4.69, 9.17) is 16.0 Å². The van der Waals surface area contributed by atoms with Gasteiger partial charge in [-0.15, -0.1) is 0 Å². The molecule has 1 aromatic heterocycles. The molecule has 0 saturated carbocycles. The van der Waals surface area contributed by atoms with Crippen LogP contribution in [0.2, 0.25) is 5.22 Å². The molecule has 0 amide bonds. The Hall–Kier alpha value is -1.35. The Kier molecular flexibility index (Phi) is 2.02. The van der Waals surface area contributed by atoms with Gasteiger partial charge in [-0.25, -0.2) is 9.37 Å². The number of halogens is 2. The van der Waals surface area contributed by atoms with Crippen molar-refractivity contribution in [3.63, 3.8) is 0 Å². The first-order valence-electron chi connectivity index (χ1n) is 3.63. The molecule has 4 heteroatoms. The van der Waals surface area contributed by atoms with E-state index in [0.717, 1.165) is 0 Å². The second-order valence-corrected chi connectivity index (χ2v) is 2.85. The smallest absolute Gasteiger partial charge is 0.228 e. The van der Waals surface area contributed by atoms with Crippen LogP contribution in [0.1, 0.15) is 0 Å². The molecular weight excluding hydrogens is 193 g/mol. The van der Waals surface area contributed by atoms with Crippen molar-refractivity contribution in [2.75, 3.05) is 0 Å². The van der Waals surface area contributed by atoms with Crippen molar-refractivity contribution in [2.24, 2.45) is 0 Å². The highest BCUT2D eigenvalue weighted by atomic mass is 35.5. The summed E-state index contributed by atoms with van der Waals surface area (Å²) in [7, 11) is 0. The Labute approximate surface area is 79.0 Å². The molecule has 2 aromatic rings. The van der Waals surface area contributed by atoms with Gasteiger partial charge in [-0.2, -0.15) is 0 Å². The molecule has 0 spiro atoms. The van der Waals surface area contributed by atoms with E-state index in [1.165, 1.54) is 18.3 Å². The van der Waals surface area contributed by atoms with Gasteiger partial charge in [0.1, 0.15) is 5.82 Å². The Morgan fingerprint density at radius 3 is 2.85 bits per heavy atom. The second-order valence-electron chi connectivity index (χ2n) is 2.48. The molecule has 0 radical (unpaired) electrons. The quantitative estimate of drug-likeness (QED) is 0.702. The summed E-state index contributed by atoms with van der Waals surface area (Å²) in [5, 5.41) is 0.194. The normalized spacial score (nSPS) is 10.3. The van der Waals surface area contributed by atoms with E-state index < -0.39 is 0 Å². The molecule has 0 atom stereocenters. The van der Waals surface area contributed by atoms with E-state index in [1.54, 1.807) is 12.1 Å². The Morgan fingerprint density at radius 2 is 2.23 bits per heavy atom. The third kappa shape index (κ3) is 1.70. The number of nitrogens with zero attached hydrogens (tertiary/aromatic N) is 1. The summed E-state index contributed by atoms with van der Waals surface area (Å²) in [6.07, 6.45) is 1.38. The fourth-order valence-corrected chi connectivity index (χ4v) is 1.13. The van der Waals surface area contributed by atoms with Crippen molar-refractivity contribution < 1.29 is 8.81 Å². The van der Waals surface area contributed by atoms with Crippen molar-refractivity contribution in [3.05, 3.63) is 41.5 Å². The average Bonchev–Trinajstić information content (AvgIpc) is 2.52. The van der Waals surface area contributed by atoms with E-state index >= 15 is 0 Å². The van der Waals surface area contributed by atoms with Crippen LogP contribution in [0.15, 0.2) is 34.9 Å². The Balaban J connectivity index is 2.46. The molecule has 66 valence electrons. The van der Waals surface area contributed by atoms with Gasteiger partial charge in [0.25, 0.3) is 0 Å². The highest BCUT2D eigenvalue weighted by Crippen LogP contribution is 2.21. The minimum atomic E-state index is -0.327. The molecule has 0 unspecified atom stereocenters. The van der Waals surface area contributed by atoms with Crippen LogP contribution in [0.25, 0.3) is 11.5 Å². The summed E-state index contributed by atoms with van der Waals surface area (Å²) in [6, 6.07) is 5.98. The first-order chi connectivity index (χ1) is 6.25.